The van der Waals surface area contributed by atoms with E-state index in [1.807, 2.05) is 13.0 Å². The molecule has 1 N–H and O–H groups in total. The summed E-state index contributed by atoms with van der Waals surface area (Å²) in [6.07, 6.45) is 1.85. The van der Waals surface area contributed by atoms with Gasteiger partial charge in [0.2, 0.25) is 0 Å². The summed E-state index contributed by atoms with van der Waals surface area (Å²) in [5.41, 5.74) is 1.01. The monoisotopic (exact) mass is 337 g/mol. The van der Waals surface area contributed by atoms with Crippen LogP contribution in [0.1, 0.15) is 37.7 Å². The molecule has 1 aromatic heterocycles. The van der Waals surface area contributed by atoms with Gasteiger partial charge < -0.3 is 5.32 Å². The summed E-state index contributed by atoms with van der Waals surface area (Å²) >= 11 is 3.40. The SMILES string of the molecule is CCCc1nc(Br)cc(NC(C)c2ccc(F)cc2)n1. The molecule has 0 aliphatic rings. The maximum Gasteiger partial charge on any atom is 0.132 e. The topological polar surface area (TPSA) is 37.8 Å². The van der Waals surface area contributed by atoms with E-state index in [2.05, 4.69) is 38.1 Å². The van der Waals surface area contributed by atoms with E-state index in [1.165, 1.54) is 12.1 Å². The number of rotatable bonds is 5. The third-order valence-electron chi connectivity index (χ3n) is 2.95. The standard InChI is InChI=1S/C15H17BrFN3/c1-3-4-14-19-13(16)9-15(20-14)18-10(2)11-5-7-12(17)8-6-11/h5-10H,3-4H2,1-2H3,(H,18,19,20). The molecule has 0 bridgehead atoms. The van der Waals surface area contributed by atoms with Gasteiger partial charge in [-0.1, -0.05) is 19.1 Å². The van der Waals surface area contributed by atoms with Gasteiger partial charge in [-0.05, 0) is 47.0 Å². The number of aryl methyl sites for hydroxylation is 1. The third-order valence-corrected chi connectivity index (χ3v) is 3.36. The van der Waals surface area contributed by atoms with Crippen molar-refractivity contribution < 1.29 is 4.39 Å². The summed E-state index contributed by atoms with van der Waals surface area (Å²) in [4.78, 5) is 8.81. The lowest BCUT2D eigenvalue weighted by atomic mass is 10.1. The van der Waals surface area contributed by atoms with Crippen molar-refractivity contribution in [1.29, 1.82) is 0 Å². The molecule has 0 spiro atoms. The largest absolute Gasteiger partial charge is 0.363 e. The summed E-state index contributed by atoms with van der Waals surface area (Å²) in [6, 6.07) is 8.37. The highest BCUT2D eigenvalue weighted by molar-refractivity contribution is 9.10. The predicted molar refractivity (Wildman–Crippen MR) is 82.2 cm³/mol. The molecule has 0 saturated carbocycles. The molecule has 0 radical (unpaired) electrons. The van der Waals surface area contributed by atoms with Crippen LogP contribution in [-0.2, 0) is 6.42 Å². The van der Waals surface area contributed by atoms with Gasteiger partial charge in [0.05, 0.1) is 0 Å². The second kappa shape index (κ2) is 6.79. The first-order valence-corrected chi connectivity index (χ1v) is 7.43. The lowest BCUT2D eigenvalue weighted by Gasteiger charge is -2.15. The molecule has 5 heteroatoms. The summed E-state index contributed by atoms with van der Waals surface area (Å²) in [6.45, 7) is 4.11. The average Bonchev–Trinajstić information content (AvgIpc) is 2.39. The van der Waals surface area contributed by atoms with Crippen molar-refractivity contribution in [2.24, 2.45) is 0 Å². The van der Waals surface area contributed by atoms with Crippen LogP contribution in [0, 0.1) is 5.82 Å². The van der Waals surface area contributed by atoms with E-state index in [1.54, 1.807) is 12.1 Å². The Bertz CT molecular complexity index is 572. The minimum absolute atomic E-state index is 0.0480. The smallest absolute Gasteiger partial charge is 0.132 e. The van der Waals surface area contributed by atoms with Crippen molar-refractivity contribution in [2.75, 3.05) is 5.32 Å². The molecule has 2 aromatic rings. The normalized spacial score (nSPS) is 12.2. The molecule has 1 unspecified atom stereocenters. The highest BCUT2D eigenvalue weighted by atomic mass is 79.9. The zero-order valence-electron chi connectivity index (χ0n) is 11.5. The molecule has 0 aliphatic carbocycles. The van der Waals surface area contributed by atoms with E-state index in [0.29, 0.717) is 0 Å². The van der Waals surface area contributed by atoms with Crippen molar-refractivity contribution >= 4 is 21.7 Å². The van der Waals surface area contributed by atoms with Crippen LogP contribution in [-0.4, -0.2) is 9.97 Å². The fourth-order valence-electron chi connectivity index (χ4n) is 1.93. The molecule has 0 amide bonds. The number of halogens is 2. The van der Waals surface area contributed by atoms with Gasteiger partial charge in [-0.3, -0.25) is 0 Å². The Kier molecular flexibility index (Phi) is 5.06. The molecule has 3 nitrogen and oxygen atoms in total. The van der Waals surface area contributed by atoms with Crippen molar-refractivity contribution in [1.82, 2.24) is 9.97 Å². The summed E-state index contributed by atoms with van der Waals surface area (Å²) in [5, 5.41) is 3.31. The van der Waals surface area contributed by atoms with Crippen molar-refractivity contribution in [3.8, 4) is 0 Å². The maximum absolute atomic E-state index is 12.9. The van der Waals surface area contributed by atoms with Gasteiger partial charge in [0.1, 0.15) is 22.1 Å². The zero-order valence-corrected chi connectivity index (χ0v) is 13.1. The van der Waals surface area contributed by atoms with E-state index in [9.17, 15) is 4.39 Å². The molecule has 1 aromatic carbocycles. The van der Waals surface area contributed by atoms with Gasteiger partial charge in [-0.2, -0.15) is 0 Å². The lowest BCUT2D eigenvalue weighted by Crippen LogP contribution is -2.09. The van der Waals surface area contributed by atoms with E-state index < -0.39 is 0 Å². The van der Waals surface area contributed by atoms with Crippen LogP contribution >= 0.6 is 15.9 Å². The first kappa shape index (κ1) is 14.9. The minimum Gasteiger partial charge on any atom is -0.363 e. The summed E-state index contributed by atoms with van der Waals surface area (Å²) in [5.74, 6) is 1.36. The van der Waals surface area contributed by atoms with E-state index in [0.717, 1.165) is 34.7 Å². The Morgan fingerprint density at radius 1 is 1.25 bits per heavy atom. The number of nitrogens with zero attached hydrogens (tertiary/aromatic N) is 2. The molecule has 106 valence electrons. The number of hydrogen-bond donors (Lipinski definition) is 1. The minimum atomic E-state index is -0.226. The zero-order chi connectivity index (χ0) is 14.5. The first-order valence-electron chi connectivity index (χ1n) is 6.64. The maximum atomic E-state index is 12.9. The van der Waals surface area contributed by atoms with Gasteiger partial charge in [0.15, 0.2) is 0 Å². The molecular weight excluding hydrogens is 321 g/mol. The number of nitrogens with one attached hydrogen (secondary N) is 1. The van der Waals surface area contributed by atoms with Gasteiger partial charge >= 0.3 is 0 Å². The number of hydrogen-bond acceptors (Lipinski definition) is 3. The molecule has 0 saturated heterocycles. The number of aromatic nitrogens is 2. The molecule has 1 atom stereocenters. The lowest BCUT2D eigenvalue weighted by molar-refractivity contribution is 0.626. The van der Waals surface area contributed by atoms with E-state index in [-0.39, 0.29) is 11.9 Å². The summed E-state index contributed by atoms with van der Waals surface area (Å²) < 4.78 is 13.7. The van der Waals surface area contributed by atoms with Crippen LogP contribution in [0.15, 0.2) is 34.9 Å². The van der Waals surface area contributed by atoms with Crippen LogP contribution in [0.25, 0.3) is 0 Å². The molecule has 0 fully saturated rings. The number of benzene rings is 1. The van der Waals surface area contributed by atoms with Crippen molar-refractivity contribution in [3.05, 3.63) is 52.1 Å². The van der Waals surface area contributed by atoms with Gasteiger partial charge in [-0.15, -0.1) is 0 Å². The molecule has 2 rings (SSSR count). The van der Waals surface area contributed by atoms with Crippen LogP contribution in [0.2, 0.25) is 0 Å². The van der Waals surface area contributed by atoms with Gasteiger partial charge in [0.25, 0.3) is 0 Å². The molecular formula is C15H17BrFN3. The van der Waals surface area contributed by atoms with Crippen molar-refractivity contribution in [2.45, 2.75) is 32.7 Å². The molecule has 0 aliphatic heterocycles. The third kappa shape index (κ3) is 4.00. The molecule has 20 heavy (non-hydrogen) atoms. The average molecular weight is 338 g/mol. The van der Waals surface area contributed by atoms with Crippen LogP contribution in [0.3, 0.4) is 0 Å². The van der Waals surface area contributed by atoms with Gasteiger partial charge in [-0.25, -0.2) is 14.4 Å². The van der Waals surface area contributed by atoms with Crippen molar-refractivity contribution in [3.63, 3.8) is 0 Å². The Hall–Kier alpha value is -1.49. The van der Waals surface area contributed by atoms with Crippen LogP contribution in [0.4, 0.5) is 10.2 Å². The highest BCUT2D eigenvalue weighted by Gasteiger charge is 2.08. The summed E-state index contributed by atoms with van der Waals surface area (Å²) in [7, 11) is 0. The fraction of sp³-hybridized carbons (Fsp3) is 0.333. The Labute approximate surface area is 126 Å². The Morgan fingerprint density at radius 3 is 2.60 bits per heavy atom. The van der Waals surface area contributed by atoms with E-state index in [4.69, 9.17) is 0 Å². The molecule has 1 heterocycles. The van der Waals surface area contributed by atoms with Crippen LogP contribution < -0.4 is 5.32 Å². The quantitative estimate of drug-likeness (QED) is 0.816. The second-order valence-electron chi connectivity index (χ2n) is 4.66. The van der Waals surface area contributed by atoms with Gasteiger partial charge in [0, 0.05) is 18.5 Å². The predicted octanol–water partition coefficient (Wildman–Crippen LogP) is 4.50. The second-order valence-corrected chi connectivity index (χ2v) is 5.47. The fourth-order valence-corrected chi connectivity index (χ4v) is 2.35. The Balaban J connectivity index is 2.14. The van der Waals surface area contributed by atoms with Crippen LogP contribution in [0.5, 0.6) is 0 Å². The van der Waals surface area contributed by atoms with E-state index >= 15 is 0 Å². The first-order chi connectivity index (χ1) is 9.58. The highest BCUT2D eigenvalue weighted by Crippen LogP contribution is 2.20. The Morgan fingerprint density at radius 2 is 1.95 bits per heavy atom. The number of anilines is 1.